The van der Waals surface area contributed by atoms with Gasteiger partial charge in [-0.1, -0.05) is 5.16 Å². The lowest BCUT2D eigenvalue weighted by molar-refractivity contribution is 0.0221. The minimum Gasteiger partial charge on any atom is -0.444 e. The molecule has 2 atom stereocenters. The van der Waals surface area contributed by atoms with Gasteiger partial charge in [0.15, 0.2) is 0 Å². The summed E-state index contributed by atoms with van der Waals surface area (Å²) in [6.07, 6.45) is -0.753. The highest BCUT2D eigenvalue weighted by Crippen LogP contribution is 2.22. The lowest BCUT2D eigenvalue weighted by Crippen LogP contribution is -2.46. The molecule has 17 heavy (non-hydrogen) atoms. The maximum atomic E-state index is 11.9. The Morgan fingerprint density at radius 1 is 1.47 bits per heavy atom. The third-order valence-corrected chi connectivity index (χ3v) is 2.58. The second-order valence-electron chi connectivity index (χ2n) is 5.22. The summed E-state index contributed by atoms with van der Waals surface area (Å²) in [4.78, 5) is 13.3. The van der Waals surface area contributed by atoms with Crippen molar-refractivity contribution < 1.29 is 19.8 Å². The SMILES string of the molecule is C/C(=N\O)C1[C@@H](O)CCN1C(=O)OC(C)(C)C. The molecule has 0 aliphatic carbocycles. The number of rotatable bonds is 1. The number of carbonyl (C=O) groups is 1. The van der Waals surface area contributed by atoms with Gasteiger partial charge in [-0.15, -0.1) is 0 Å². The van der Waals surface area contributed by atoms with E-state index in [9.17, 15) is 9.90 Å². The van der Waals surface area contributed by atoms with Gasteiger partial charge in [-0.3, -0.25) is 4.90 Å². The van der Waals surface area contributed by atoms with Crippen LogP contribution in [0.1, 0.15) is 34.1 Å². The molecule has 0 radical (unpaired) electrons. The van der Waals surface area contributed by atoms with Crippen molar-refractivity contribution in [1.29, 1.82) is 0 Å². The molecule has 1 saturated heterocycles. The molecule has 1 aliphatic heterocycles. The normalized spacial score (nSPS) is 26.2. The zero-order valence-corrected chi connectivity index (χ0v) is 10.7. The van der Waals surface area contributed by atoms with Crippen LogP contribution in [-0.2, 0) is 4.74 Å². The van der Waals surface area contributed by atoms with Gasteiger partial charge in [-0.2, -0.15) is 0 Å². The van der Waals surface area contributed by atoms with Crippen LogP contribution in [-0.4, -0.2) is 51.3 Å². The highest BCUT2D eigenvalue weighted by Gasteiger charge is 2.40. The van der Waals surface area contributed by atoms with Crippen LogP contribution in [0.2, 0.25) is 0 Å². The van der Waals surface area contributed by atoms with E-state index in [1.54, 1.807) is 27.7 Å². The fraction of sp³-hybridized carbons (Fsp3) is 0.818. The molecule has 1 fully saturated rings. The van der Waals surface area contributed by atoms with E-state index in [1.807, 2.05) is 0 Å². The van der Waals surface area contributed by atoms with E-state index in [-0.39, 0.29) is 0 Å². The molecule has 1 heterocycles. The van der Waals surface area contributed by atoms with Crippen molar-refractivity contribution in [3.63, 3.8) is 0 Å². The van der Waals surface area contributed by atoms with Crippen molar-refractivity contribution in [1.82, 2.24) is 4.90 Å². The van der Waals surface area contributed by atoms with Gasteiger partial charge in [0.2, 0.25) is 0 Å². The summed E-state index contributed by atoms with van der Waals surface area (Å²) in [6, 6.07) is -0.602. The van der Waals surface area contributed by atoms with Gasteiger partial charge >= 0.3 is 6.09 Å². The zero-order valence-electron chi connectivity index (χ0n) is 10.7. The molecule has 6 nitrogen and oxygen atoms in total. The summed E-state index contributed by atoms with van der Waals surface area (Å²) in [5.74, 6) is 0. The quantitative estimate of drug-likeness (QED) is 0.412. The van der Waals surface area contributed by atoms with Crippen molar-refractivity contribution >= 4 is 11.8 Å². The van der Waals surface area contributed by atoms with Crippen molar-refractivity contribution in [2.45, 2.75) is 51.9 Å². The molecule has 6 heteroatoms. The summed E-state index contributed by atoms with van der Waals surface area (Å²) in [7, 11) is 0. The number of hydrogen-bond donors (Lipinski definition) is 2. The smallest absolute Gasteiger partial charge is 0.410 e. The van der Waals surface area contributed by atoms with Gasteiger partial charge in [0, 0.05) is 6.54 Å². The number of hydrogen-bond acceptors (Lipinski definition) is 5. The summed E-state index contributed by atoms with van der Waals surface area (Å²) in [5.41, 5.74) is -0.278. The van der Waals surface area contributed by atoms with E-state index < -0.39 is 23.8 Å². The Kier molecular flexibility index (Phi) is 3.98. The monoisotopic (exact) mass is 244 g/mol. The standard InChI is InChI=1S/C11H20N2O4/c1-7(12-16)9-8(14)5-6-13(9)10(15)17-11(2,3)4/h8-9,14,16H,5-6H2,1-4H3/b12-7+/t8-,9?/m0/s1. The van der Waals surface area contributed by atoms with Crippen molar-refractivity contribution in [2.75, 3.05) is 6.54 Å². The Hall–Kier alpha value is -1.30. The fourth-order valence-corrected chi connectivity index (χ4v) is 1.86. The number of amides is 1. The number of likely N-dealkylation sites (tertiary alicyclic amines) is 1. The van der Waals surface area contributed by atoms with Crippen LogP contribution < -0.4 is 0 Å². The molecule has 0 bridgehead atoms. The van der Waals surface area contributed by atoms with Crippen molar-refractivity contribution in [2.24, 2.45) is 5.16 Å². The molecule has 98 valence electrons. The minimum absolute atomic E-state index is 0.306. The topological polar surface area (TPSA) is 82.4 Å². The Bertz CT molecular complexity index is 322. The molecular weight excluding hydrogens is 224 g/mol. The first-order chi connectivity index (χ1) is 7.76. The third-order valence-electron chi connectivity index (χ3n) is 2.58. The number of aliphatic hydroxyl groups is 1. The molecule has 0 spiro atoms. The minimum atomic E-state index is -0.710. The van der Waals surface area contributed by atoms with Gasteiger partial charge in [-0.05, 0) is 34.1 Å². The molecule has 0 saturated carbocycles. The molecule has 0 aromatic heterocycles. The largest absolute Gasteiger partial charge is 0.444 e. The Morgan fingerprint density at radius 2 is 2.06 bits per heavy atom. The van der Waals surface area contributed by atoms with Crippen LogP contribution in [0.3, 0.4) is 0 Å². The van der Waals surface area contributed by atoms with Gasteiger partial charge in [0.1, 0.15) is 11.6 Å². The van der Waals surface area contributed by atoms with E-state index in [0.29, 0.717) is 18.7 Å². The van der Waals surface area contributed by atoms with Crippen molar-refractivity contribution in [3.05, 3.63) is 0 Å². The van der Waals surface area contributed by atoms with Crippen LogP contribution in [0.5, 0.6) is 0 Å². The first kappa shape index (κ1) is 13.8. The number of ether oxygens (including phenoxy) is 1. The summed E-state index contributed by atoms with van der Waals surface area (Å²) in [5, 5.41) is 21.6. The average molecular weight is 244 g/mol. The van der Waals surface area contributed by atoms with E-state index >= 15 is 0 Å². The van der Waals surface area contributed by atoms with Gasteiger partial charge in [0.05, 0.1) is 11.8 Å². The maximum absolute atomic E-state index is 11.9. The summed E-state index contributed by atoms with van der Waals surface area (Å²) >= 11 is 0. The van der Waals surface area contributed by atoms with Crippen LogP contribution in [0.15, 0.2) is 5.16 Å². The molecule has 0 aromatic rings. The fourth-order valence-electron chi connectivity index (χ4n) is 1.86. The lowest BCUT2D eigenvalue weighted by atomic mass is 10.1. The number of oxime groups is 1. The molecule has 1 amide bonds. The Morgan fingerprint density at radius 3 is 2.53 bits per heavy atom. The molecule has 1 rings (SSSR count). The number of nitrogens with zero attached hydrogens (tertiary/aromatic N) is 2. The molecular formula is C11H20N2O4. The number of aliphatic hydroxyl groups excluding tert-OH is 1. The Balaban J connectivity index is 2.79. The first-order valence-corrected chi connectivity index (χ1v) is 5.62. The highest BCUT2D eigenvalue weighted by atomic mass is 16.6. The predicted octanol–water partition coefficient (Wildman–Crippen LogP) is 1.21. The zero-order chi connectivity index (χ0) is 13.2. The second kappa shape index (κ2) is 4.91. The van der Waals surface area contributed by atoms with E-state index in [2.05, 4.69) is 5.16 Å². The average Bonchev–Trinajstić information content (AvgIpc) is 2.56. The summed E-state index contributed by atoms with van der Waals surface area (Å²) in [6.45, 7) is 7.29. The van der Waals surface area contributed by atoms with Crippen LogP contribution >= 0.6 is 0 Å². The molecule has 2 N–H and O–H groups in total. The van der Waals surface area contributed by atoms with Crippen molar-refractivity contribution in [3.8, 4) is 0 Å². The van der Waals surface area contributed by atoms with Gasteiger partial charge < -0.3 is 15.1 Å². The lowest BCUT2D eigenvalue weighted by Gasteiger charge is -2.28. The number of carbonyl (C=O) groups excluding carboxylic acids is 1. The summed E-state index contributed by atoms with van der Waals surface area (Å²) < 4.78 is 5.23. The van der Waals surface area contributed by atoms with E-state index in [0.717, 1.165) is 0 Å². The van der Waals surface area contributed by atoms with Gasteiger partial charge in [-0.25, -0.2) is 4.79 Å². The maximum Gasteiger partial charge on any atom is 0.410 e. The van der Waals surface area contributed by atoms with Crippen LogP contribution in [0.25, 0.3) is 0 Å². The highest BCUT2D eigenvalue weighted by molar-refractivity contribution is 5.90. The molecule has 1 aliphatic rings. The van der Waals surface area contributed by atoms with E-state index in [1.165, 1.54) is 4.90 Å². The first-order valence-electron chi connectivity index (χ1n) is 5.62. The van der Waals surface area contributed by atoms with E-state index in [4.69, 9.17) is 9.94 Å². The van der Waals surface area contributed by atoms with Gasteiger partial charge in [0.25, 0.3) is 0 Å². The second-order valence-corrected chi connectivity index (χ2v) is 5.22. The molecule has 0 aromatic carbocycles. The predicted molar refractivity (Wildman–Crippen MR) is 62.2 cm³/mol. The third kappa shape index (κ3) is 3.33. The molecule has 1 unspecified atom stereocenters. The Labute approximate surface area is 101 Å². The van der Waals surface area contributed by atoms with Crippen LogP contribution in [0, 0.1) is 0 Å². The van der Waals surface area contributed by atoms with Crippen LogP contribution in [0.4, 0.5) is 4.79 Å².